The molecule has 0 saturated carbocycles. The van der Waals surface area contributed by atoms with E-state index in [1.807, 2.05) is 42.2 Å². The molecule has 5 heteroatoms. The molecule has 0 aliphatic carbocycles. The number of benzene rings is 1. The van der Waals surface area contributed by atoms with Crippen LogP contribution in [0.25, 0.3) is 10.9 Å². The predicted molar refractivity (Wildman–Crippen MR) is 80.2 cm³/mol. The van der Waals surface area contributed by atoms with E-state index in [1.165, 1.54) is 0 Å². The summed E-state index contributed by atoms with van der Waals surface area (Å²) < 4.78 is 0. The van der Waals surface area contributed by atoms with Gasteiger partial charge >= 0.3 is 5.97 Å². The number of carboxylic acids is 1. The number of aliphatic carboxylic acids is 1. The Morgan fingerprint density at radius 2 is 2.14 bits per heavy atom. The molecule has 0 spiro atoms. The standard InChI is InChI=1S/C16H18N2O3/c1-10-6-7-14(16(20)21)18(10)9-12-8-11-4-2-3-5-13(11)17-15(12)19/h2-5,8,10,14H,6-7,9H2,1H3,(H,17,19)(H,20,21)/t10-,14-/m1/s1. The third kappa shape index (κ3) is 2.56. The number of carbonyl (C=O) groups is 1. The maximum Gasteiger partial charge on any atom is 0.320 e. The third-order valence-corrected chi connectivity index (χ3v) is 4.29. The second kappa shape index (κ2) is 5.33. The van der Waals surface area contributed by atoms with Crippen molar-refractivity contribution < 1.29 is 9.90 Å². The summed E-state index contributed by atoms with van der Waals surface area (Å²) in [6.07, 6.45) is 1.49. The van der Waals surface area contributed by atoms with E-state index in [4.69, 9.17) is 0 Å². The molecule has 1 saturated heterocycles. The average Bonchev–Trinajstić information content (AvgIpc) is 2.81. The molecule has 0 unspecified atom stereocenters. The van der Waals surface area contributed by atoms with E-state index in [9.17, 15) is 14.7 Å². The molecule has 1 aliphatic rings. The molecular formula is C16H18N2O3. The molecule has 0 amide bonds. The number of aromatic amines is 1. The van der Waals surface area contributed by atoms with Gasteiger partial charge in [-0.05, 0) is 37.3 Å². The van der Waals surface area contributed by atoms with Crippen molar-refractivity contribution in [3.05, 3.63) is 46.2 Å². The smallest absolute Gasteiger partial charge is 0.320 e. The van der Waals surface area contributed by atoms with Crippen LogP contribution in [-0.2, 0) is 11.3 Å². The first-order chi connectivity index (χ1) is 10.1. The second-order valence-corrected chi connectivity index (χ2v) is 5.66. The summed E-state index contributed by atoms with van der Waals surface area (Å²) in [5.41, 5.74) is 1.28. The van der Waals surface area contributed by atoms with Gasteiger partial charge in [0.2, 0.25) is 0 Å². The van der Waals surface area contributed by atoms with Crippen LogP contribution in [0.3, 0.4) is 0 Å². The summed E-state index contributed by atoms with van der Waals surface area (Å²) in [4.78, 5) is 28.3. The Morgan fingerprint density at radius 3 is 2.90 bits per heavy atom. The third-order valence-electron chi connectivity index (χ3n) is 4.29. The lowest BCUT2D eigenvalue weighted by atomic mass is 10.1. The van der Waals surface area contributed by atoms with Crippen molar-refractivity contribution in [2.75, 3.05) is 0 Å². The number of fused-ring (bicyclic) bond motifs is 1. The monoisotopic (exact) mass is 286 g/mol. The number of H-pyrrole nitrogens is 1. The van der Waals surface area contributed by atoms with E-state index >= 15 is 0 Å². The average molecular weight is 286 g/mol. The molecule has 1 aromatic carbocycles. The van der Waals surface area contributed by atoms with Crippen LogP contribution in [0.1, 0.15) is 25.3 Å². The van der Waals surface area contributed by atoms with Gasteiger partial charge in [0.25, 0.3) is 5.56 Å². The van der Waals surface area contributed by atoms with Gasteiger partial charge in [0.05, 0.1) is 0 Å². The van der Waals surface area contributed by atoms with Gasteiger partial charge in [-0.1, -0.05) is 18.2 Å². The number of nitrogens with one attached hydrogen (secondary N) is 1. The number of hydrogen-bond acceptors (Lipinski definition) is 3. The van der Waals surface area contributed by atoms with Gasteiger partial charge in [-0.3, -0.25) is 14.5 Å². The largest absolute Gasteiger partial charge is 0.480 e. The van der Waals surface area contributed by atoms with E-state index in [0.29, 0.717) is 18.5 Å². The fraction of sp³-hybridized carbons (Fsp3) is 0.375. The highest BCUT2D eigenvalue weighted by Crippen LogP contribution is 2.26. The van der Waals surface area contributed by atoms with Gasteiger partial charge in [0, 0.05) is 23.7 Å². The van der Waals surface area contributed by atoms with Crippen molar-refractivity contribution in [2.24, 2.45) is 0 Å². The van der Waals surface area contributed by atoms with Crippen LogP contribution >= 0.6 is 0 Å². The van der Waals surface area contributed by atoms with Crippen LogP contribution in [0.4, 0.5) is 0 Å². The molecule has 0 bridgehead atoms. The fourth-order valence-electron chi connectivity index (χ4n) is 3.08. The Kier molecular flexibility index (Phi) is 3.51. The maximum atomic E-state index is 12.2. The molecule has 110 valence electrons. The summed E-state index contributed by atoms with van der Waals surface area (Å²) >= 11 is 0. The summed E-state index contributed by atoms with van der Waals surface area (Å²) in [6, 6.07) is 9.14. The van der Waals surface area contributed by atoms with E-state index in [0.717, 1.165) is 17.3 Å². The molecule has 5 nitrogen and oxygen atoms in total. The van der Waals surface area contributed by atoms with Crippen molar-refractivity contribution in [1.82, 2.24) is 9.88 Å². The Balaban J connectivity index is 1.95. The van der Waals surface area contributed by atoms with Crippen molar-refractivity contribution >= 4 is 16.9 Å². The van der Waals surface area contributed by atoms with E-state index in [1.54, 1.807) is 0 Å². The van der Waals surface area contributed by atoms with E-state index in [-0.39, 0.29) is 11.6 Å². The normalized spacial score (nSPS) is 22.7. The van der Waals surface area contributed by atoms with Crippen LogP contribution in [0.5, 0.6) is 0 Å². The highest BCUT2D eigenvalue weighted by atomic mass is 16.4. The van der Waals surface area contributed by atoms with Crippen LogP contribution in [0.15, 0.2) is 35.1 Å². The number of aromatic nitrogens is 1. The lowest BCUT2D eigenvalue weighted by Crippen LogP contribution is -2.40. The fourth-order valence-corrected chi connectivity index (χ4v) is 3.08. The summed E-state index contributed by atoms with van der Waals surface area (Å²) in [6.45, 7) is 2.39. The minimum atomic E-state index is -0.809. The van der Waals surface area contributed by atoms with Gasteiger partial charge in [-0.2, -0.15) is 0 Å². The minimum Gasteiger partial charge on any atom is -0.480 e. The van der Waals surface area contributed by atoms with Gasteiger partial charge in [0.1, 0.15) is 6.04 Å². The molecule has 3 rings (SSSR count). The summed E-state index contributed by atoms with van der Waals surface area (Å²) in [5.74, 6) is -0.809. The zero-order chi connectivity index (χ0) is 15.0. The highest BCUT2D eigenvalue weighted by Gasteiger charge is 2.35. The van der Waals surface area contributed by atoms with Crippen LogP contribution < -0.4 is 5.56 Å². The number of pyridine rings is 1. The SMILES string of the molecule is C[C@@H]1CC[C@H](C(=O)O)N1Cc1cc2ccccc2[nH]c1=O. The quantitative estimate of drug-likeness (QED) is 0.904. The van der Waals surface area contributed by atoms with E-state index < -0.39 is 12.0 Å². The first-order valence-corrected chi connectivity index (χ1v) is 7.16. The summed E-state index contributed by atoms with van der Waals surface area (Å²) in [7, 11) is 0. The Bertz CT molecular complexity index is 738. The summed E-state index contributed by atoms with van der Waals surface area (Å²) in [5, 5.41) is 10.3. The van der Waals surface area contributed by atoms with Crippen molar-refractivity contribution in [1.29, 1.82) is 0 Å². The van der Waals surface area contributed by atoms with Crippen LogP contribution in [0, 0.1) is 0 Å². The Hall–Kier alpha value is -2.14. The molecule has 2 N–H and O–H groups in total. The molecule has 0 radical (unpaired) electrons. The van der Waals surface area contributed by atoms with Crippen molar-refractivity contribution in [3.63, 3.8) is 0 Å². The Labute approximate surface area is 122 Å². The molecular weight excluding hydrogens is 268 g/mol. The molecule has 1 fully saturated rings. The highest BCUT2D eigenvalue weighted by molar-refractivity contribution is 5.78. The predicted octanol–water partition coefficient (Wildman–Crippen LogP) is 1.97. The second-order valence-electron chi connectivity index (χ2n) is 5.66. The van der Waals surface area contributed by atoms with Crippen molar-refractivity contribution in [2.45, 2.75) is 38.4 Å². The van der Waals surface area contributed by atoms with Gasteiger partial charge in [0.15, 0.2) is 0 Å². The van der Waals surface area contributed by atoms with Crippen LogP contribution in [-0.4, -0.2) is 33.0 Å². The molecule has 2 aromatic rings. The first-order valence-electron chi connectivity index (χ1n) is 7.16. The molecule has 2 atom stereocenters. The van der Waals surface area contributed by atoms with Gasteiger partial charge < -0.3 is 10.1 Å². The Morgan fingerprint density at radius 1 is 1.38 bits per heavy atom. The molecule has 1 aliphatic heterocycles. The van der Waals surface area contributed by atoms with E-state index in [2.05, 4.69) is 4.98 Å². The molecule has 1 aromatic heterocycles. The minimum absolute atomic E-state index is 0.142. The van der Waals surface area contributed by atoms with Crippen molar-refractivity contribution in [3.8, 4) is 0 Å². The molecule has 2 heterocycles. The van der Waals surface area contributed by atoms with Gasteiger partial charge in [-0.15, -0.1) is 0 Å². The zero-order valence-electron chi connectivity index (χ0n) is 11.9. The number of para-hydroxylation sites is 1. The lowest BCUT2D eigenvalue weighted by Gasteiger charge is -2.25. The lowest BCUT2D eigenvalue weighted by molar-refractivity contribution is -0.142. The number of nitrogens with zero attached hydrogens (tertiary/aromatic N) is 1. The first kappa shape index (κ1) is 13.8. The number of rotatable bonds is 3. The number of hydrogen-bond donors (Lipinski definition) is 2. The number of carboxylic acid groups (broad SMARTS) is 1. The van der Waals surface area contributed by atoms with Crippen LogP contribution in [0.2, 0.25) is 0 Å². The van der Waals surface area contributed by atoms with Gasteiger partial charge in [-0.25, -0.2) is 0 Å². The maximum absolute atomic E-state index is 12.2. The molecule has 21 heavy (non-hydrogen) atoms. The number of likely N-dealkylation sites (tertiary alicyclic amines) is 1. The zero-order valence-corrected chi connectivity index (χ0v) is 11.9. The topological polar surface area (TPSA) is 73.4 Å².